The SMILES string of the molecule is COC(=O)c1ccc(NC(=O)C(C)NS(=O)(=O)c2ccc(Cl)cc2)cc1. The zero-order valence-corrected chi connectivity index (χ0v) is 15.6. The van der Waals surface area contributed by atoms with E-state index in [1.807, 2.05) is 0 Å². The van der Waals surface area contributed by atoms with Gasteiger partial charge in [-0.15, -0.1) is 0 Å². The molecule has 2 rings (SSSR count). The maximum absolute atomic E-state index is 12.3. The molecule has 2 N–H and O–H groups in total. The van der Waals surface area contributed by atoms with Gasteiger partial charge >= 0.3 is 5.97 Å². The molecule has 26 heavy (non-hydrogen) atoms. The third-order valence-electron chi connectivity index (χ3n) is 3.42. The van der Waals surface area contributed by atoms with Crippen molar-refractivity contribution in [2.75, 3.05) is 12.4 Å². The van der Waals surface area contributed by atoms with E-state index in [1.165, 1.54) is 62.6 Å². The highest BCUT2D eigenvalue weighted by Crippen LogP contribution is 2.15. The Kier molecular flexibility index (Phi) is 6.36. The van der Waals surface area contributed by atoms with Gasteiger partial charge in [0.05, 0.1) is 23.6 Å². The summed E-state index contributed by atoms with van der Waals surface area (Å²) in [5, 5.41) is 2.98. The second kappa shape index (κ2) is 8.31. The Bertz CT molecular complexity index is 896. The molecule has 0 saturated carbocycles. The Morgan fingerprint density at radius 3 is 2.15 bits per heavy atom. The van der Waals surface area contributed by atoms with Crippen LogP contribution in [-0.4, -0.2) is 33.4 Å². The predicted octanol–water partition coefficient (Wildman–Crippen LogP) is 2.43. The minimum absolute atomic E-state index is 0.00369. The second-order valence-corrected chi connectivity index (χ2v) is 7.51. The van der Waals surface area contributed by atoms with Crippen molar-refractivity contribution in [2.24, 2.45) is 0 Å². The standard InChI is InChI=1S/C17H17ClN2O5S/c1-11(20-26(23,24)15-9-5-13(18)6-10-15)16(21)19-14-7-3-12(4-8-14)17(22)25-2/h3-11,20H,1-2H3,(H,19,21). The molecule has 9 heteroatoms. The first-order valence-corrected chi connectivity index (χ1v) is 9.36. The molecule has 0 saturated heterocycles. The Balaban J connectivity index is 2.03. The lowest BCUT2D eigenvalue weighted by Crippen LogP contribution is -2.41. The molecular formula is C17H17ClN2O5S. The third kappa shape index (κ3) is 5.04. The fourth-order valence-corrected chi connectivity index (χ4v) is 3.35. The van der Waals surface area contributed by atoms with Gasteiger partial charge < -0.3 is 10.1 Å². The molecule has 2 aromatic carbocycles. The Hall–Kier alpha value is -2.42. The van der Waals surface area contributed by atoms with Crippen LogP contribution in [0.15, 0.2) is 53.4 Å². The quantitative estimate of drug-likeness (QED) is 0.730. The average molecular weight is 397 g/mol. The van der Waals surface area contributed by atoms with E-state index in [0.717, 1.165) is 0 Å². The molecule has 0 heterocycles. The number of carbonyl (C=O) groups excluding carboxylic acids is 2. The van der Waals surface area contributed by atoms with Crippen LogP contribution in [0, 0.1) is 0 Å². The smallest absolute Gasteiger partial charge is 0.337 e. The van der Waals surface area contributed by atoms with Crippen molar-refractivity contribution in [2.45, 2.75) is 17.9 Å². The second-order valence-electron chi connectivity index (χ2n) is 5.36. The van der Waals surface area contributed by atoms with Crippen molar-refractivity contribution < 1.29 is 22.7 Å². The fourth-order valence-electron chi connectivity index (χ4n) is 2.03. The van der Waals surface area contributed by atoms with Crippen LogP contribution < -0.4 is 10.0 Å². The number of halogens is 1. The van der Waals surface area contributed by atoms with Crippen molar-refractivity contribution >= 4 is 39.2 Å². The molecule has 0 fully saturated rings. The van der Waals surface area contributed by atoms with Gasteiger partial charge in [0.1, 0.15) is 0 Å². The highest BCUT2D eigenvalue weighted by molar-refractivity contribution is 7.89. The number of rotatable bonds is 6. The summed E-state index contributed by atoms with van der Waals surface area (Å²) in [7, 11) is -2.60. The van der Waals surface area contributed by atoms with Gasteiger partial charge in [-0.1, -0.05) is 11.6 Å². The maximum atomic E-state index is 12.3. The van der Waals surface area contributed by atoms with E-state index in [1.54, 1.807) is 0 Å². The van der Waals surface area contributed by atoms with E-state index >= 15 is 0 Å². The highest BCUT2D eigenvalue weighted by atomic mass is 35.5. The van der Waals surface area contributed by atoms with Gasteiger partial charge in [-0.05, 0) is 55.5 Å². The third-order valence-corrected chi connectivity index (χ3v) is 5.23. The molecule has 1 amide bonds. The number of anilines is 1. The Morgan fingerprint density at radius 2 is 1.62 bits per heavy atom. The number of esters is 1. The number of sulfonamides is 1. The predicted molar refractivity (Wildman–Crippen MR) is 97.6 cm³/mol. The van der Waals surface area contributed by atoms with Crippen LogP contribution in [0.5, 0.6) is 0 Å². The summed E-state index contributed by atoms with van der Waals surface area (Å²) in [4.78, 5) is 23.6. The molecule has 1 unspecified atom stereocenters. The van der Waals surface area contributed by atoms with Crippen LogP contribution in [0.1, 0.15) is 17.3 Å². The lowest BCUT2D eigenvalue weighted by Gasteiger charge is -2.14. The van der Waals surface area contributed by atoms with E-state index in [4.69, 9.17) is 11.6 Å². The van der Waals surface area contributed by atoms with Crippen molar-refractivity contribution in [1.82, 2.24) is 4.72 Å². The number of carbonyl (C=O) groups is 2. The molecule has 0 radical (unpaired) electrons. The lowest BCUT2D eigenvalue weighted by molar-refractivity contribution is -0.117. The lowest BCUT2D eigenvalue weighted by atomic mass is 10.2. The highest BCUT2D eigenvalue weighted by Gasteiger charge is 2.22. The molecule has 7 nitrogen and oxygen atoms in total. The number of nitrogens with one attached hydrogen (secondary N) is 2. The monoisotopic (exact) mass is 396 g/mol. The minimum Gasteiger partial charge on any atom is -0.465 e. The number of hydrogen-bond acceptors (Lipinski definition) is 5. The van der Waals surface area contributed by atoms with E-state index in [9.17, 15) is 18.0 Å². The van der Waals surface area contributed by atoms with Gasteiger partial charge in [-0.2, -0.15) is 4.72 Å². The van der Waals surface area contributed by atoms with E-state index in [2.05, 4.69) is 14.8 Å². The zero-order valence-electron chi connectivity index (χ0n) is 14.0. The van der Waals surface area contributed by atoms with E-state index in [0.29, 0.717) is 16.3 Å². The van der Waals surface area contributed by atoms with Crippen LogP contribution in [0.25, 0.3) is 0 Å². The molecule has 0 aromatic heterocycles. The van der Waals surface area contributed by atoms with Gasteiger partial charge in [-0.3, -0.25) is 4.79 Å². The summed E-state index contributed by atoms with van der Waals surface area (Å²) >= 11 is 5.74. The summed E-state index contributed by atoms with van der Waals surface area (Å²) in [6.07, 6.45) is 0. The fraction of sp³-hybridized carbons (Fsp3) is 0.176. The van der Waals surface area contributed by atoms with Crippen molar-refractivity contribution in [3.8, 4) is 0 Å². The van der Waals surface area contributed by atoms with Crippen LogP contribution in [0.4, 0.5) is 5.69 Å². The largest absolute Gasteiger partial charge is 0.465 e. The number of amides is 1. The Morgan fingerprint density at radius 1 is 1.04 bits per heavy atom. The Labute approximate surface area is 156 Å². The van der Waals surface area contributed by atoms with Crippen LogP contribution in [-0.2, 0) is 19.6 Å². The van der Waals surface area contributed by atoms with Gasteiger partial charge in [-0.25, -0.2) is 13.2 Å². The van der Waals surface area contributed by atoms with Crippen molar-refractivity contribution in [3.63, 3.8) is 0 Å². The first-order chi connectivity index (χ1) is 12.2. The molecule has 0 bridgehead atoms. The molecule has 2 aromatic rings. The van der Waals surface area contributed by atoms with Crippen molar-refractivity contribution in [3.05, 3.63) is 59.1 Å². The molecule has 138 valence electrons. The molecule has 1 atom stereocenters. The van der Waals surface area contributed by atoms with E-state index in [-0.39, 0.29) is 4.90 Å². The summed E-state index contributed by atoms with van der Waals surface area (Å²) < 4.78 is 31.4. The molecule has 0 aliphatic heterocycles. The van der Waals surface area contributed by atoms with Crippen LogP contribution >= 0.6 is 11.6 Å². The number of ether oxygens (including phenoxy) is 1. The minimum atomic E-state index is -3.87. The first-order valence-electron chi connectivity index (χ1n) is 7.50. The number of hydrogen-bond donors (Lipinski definition) is 2. The molecule has 0 aliphatic carbocycles. The van der Waals surface area contributed by atoms with Gasteiger partial charge in [0, 0.05) is 10.7 Å². The zero-order chi connectivity index (χ0) is 19.3. The first kappa shape index (κ1) is 19.9. The molecular weight excluding hydrogens is 380 g/mol. The topological polar surface area (TPSA) is 102 Å². The number of methoxy groups -OCH3 is 1. The average Bonchev–Trinajstić information content (AvgIpc) is 2.61. The van der Waals surface area contributed by atoms with Crippen LogP contribution in [0.2, 0.25) is 5.02 Å². The molecule has 0 spiro atoms. The summed E-state index contributed by atoms with van der Waals surface area (Å²) in [5.41, 5.74) is 0.752. The van der Waals surface area contributed by atoms with Gasteiger partial charge in [0.15, 0.2) is 0 Å². The van der Waals surface area contributed by atoms with E-state index < -0.39 is 27.9 Å². The summed E-state index contributed by atoms with van der Waals surface area (Å²) in [5.74, 6) is -1.04. The maximum Gasteiger partial charge on any atom is 0.337 e. The molecule has 0 aliphatic rings. The normalized spacial score (nSPS) is 12.3. The van der Waals surface area contributed by atoms with Crippen LogP contribution in [0.3, 0.4) is 0 Å². The number of benzene rings is 2. The summed E-state index contributed by atoms with van der Waals surface area (Å²) in [6, 6.07) is 10.6. The van der Waals surface area contributed by atoms with Gasteiger partial charge in [0.25, 0.3) is 0 Å². The van der Waals surface area contributed by atoms with Crippen molar-refractivity contribution in [1.29, 1.82) is 0 Å². The van der Waals surface area contributed by atoms with Gasteiger partial charge in [0.2, 0.25) is 15.9 Å². The summed E-state index contributed by atoms with van der Waals surface area (Å²) in [6.45, 7) is 1.42.